The van der Waals surface area contributed by atoms with Gasteiger partial charge in [-0.25, -0.2) is 0 Å². The maximum atomic E-state index is 4.19. The molecule has 0 bridgehead atoms. The molecular formula is C7H3AsBrNS. The molecule has 2 radical (unpaired) electrons. The molecule has 0 aliphatic rings. The summed E-state index contributed by atoms with van der Waals surface area (Å²) in [6.07, 6.45) is 1.83. The second-order valence-electron chi connectivity index (χ2n) is 2.09. The van der Waals surface area contributed by atoms with E-state index in [1.807, 2.05) is 12.3 Å². The first-order valence-corrected chi connectivity index (χ1v) is 5.61. The zero-order valence-electron chi connectivity index (χ0n) is 5.41. The fraction of sp³-hybridized carbons (Fsp3) is 0. The predicted octanol–water partition coefficient (Wildman–Crippen LogP) is 1.85. The number of aromatic nitrogens is 1. The SMILES string of the molecule is [As]c1nccc2scc(Br)c12. The molecule has 0 aliphatic carbocycles. The Kier molecular flexibility index (Phi) is 2.04. The van der Waals surface area contributed by atoms with Crippen molar-refractivity contribution in [2.45, 2.75) is 0 Å². The second-order valence-corrected chi connectivity index (χ2v) is 4.75. The van der Waals surface area contributed by atoms with Gasteiger partial charge in [0.25, 0.3) is 0 Å². The topological polar surface area (TPSA) is 12.9 Å². The number of halogens is 1. The summed E-state index contributed by atoms with van der Waals surface area (Å²) in [6.45, 7) is 0. The molecule has 0 fully saturated rings. The van der Waals surface area contributed by atoms with Gasteiger partial charge in [0.2, 0.25) is 0 Å². The summed E-state index contributed by atoms with van der Waals surface area (Å²) in [7, 11) is 0. The molecule has 0 saturated heterocycles. The van der Waals surface area contributed by atoms with Gasteiger partial charge in [0.05, 0.1) is 0 Å². The van der Waals surface area contributed by atoms with E-state index in [0.29, 0.717) is 0 Å². The van der Waals surface area contributed by atoms with Gasteiger partial charge < -0.3 is 0 Å². The van der Waals surface area contributed by atoms with Gasteiger partial charge >= 0.3 is 85.8 Å². The standard InChI is InChI=1S/C7H3AsBrNS/c8-7-6-4(9)3-11-5(6)1-2-10-7/h1-3H. The van der Waals surface area contributed by atoms with Gasteiger partial charge in [0.15, 0.2) is 0 Å². The molecule has 11 heavy (non-hydrogen) atoms. The maximum absolute atomic E-state index is 4.19. The van der Waals surface area contributed by atoms with E-state index in [-0.39, 0.29) is 0 Å². The van der Waals surface area contributed by atoms with E-state index in [4.69, 9.17) is 0 Å². The van der Waals surface area contributed by atoms with Crippen molar-refractivity contribution in [1.29, 1.82) is 0 Å². The molecule has 0 atom stereocenters. The van der Waals surface area contributed by atoms with E-state index in [1.165, 1.54) is 10.1 Å². The van der Waals surface area contributed by atoms with Crippen LogP contribution < -0.4 is 4.48 Å². The fourth-order valence-electron chi connectivity index (χ4n) is 0.930. The second kappa shape index (κ2) is 2.89. The van der Waals surface area contributed by atoms with Gasteiger partial charge in [-0.2, -0.15) is 0 Å². The van der Waals surface area contributed by atoms with Crippen LogP contribution in [0.4, 0.5) is 0 Å². The first-order chi connectivity index (χ1) is 5.29. The molecule has 0 unspecified atom stereocenters. The van der Waals surface area contributed by atoms with E-state index in [0.717, 1.165) is 8.95 Å². The summed E-state index contributed by atoms with van der Waals surface area (Å²) < 4.78 is 3.45. The van der Waals surface area contributed by atoms with Crippen LogP contribution in [-0.4, -0.2) is 21.8 Å². The van der Waals surface area contributed by atoms with Crippen molar-refractivity contribution < 1.29 is 0 Å². The molecule has 2 heterocycles. The Morgan fingerprint density at radius 1 is 1.55 bits per heavy atom. The quantitative estimate of drug-likeness (QED) is 0.674. The Morgan fingerprint density at radius 2 is 2.36 bits per heavy atom. The molecule has 4 heteroatoms. The van der Waals surface area contributed by atoms with Crippen molar-refractivity contribution in [3.05, 3.63) is 22.1 Å². The Balaban J connectivity index is 2.96. The van der Waals surface area contributed by atoms with Gasteiger partial charge in [0.1, 0.15) is 0 Å². The number of thiophene rings is 1. The van der Waals surface area contributed by atoms with Gasteiger partial charge in [-0.1, -0.05) is 0 Å². The number of rotatable bonds is 0. The van der Waals surface area contributed by atoms with E-state index < -0.39 is 0 Å². The number of pyridine rings is 1. The molecule has 2 rings (SSSR count). The van der Waals surface area contributed by atoms with Crippen LogP contribution in [0.5, 0.6) is 0 Å². The first-order valence-electron chi connectivity index (χ1n) is 2.99. The third kappa shape index (κ3) is 1.26. The molecule has 54 valence electrons. The number of nitrogens with zero attached hydrogens (tertiary/aromatic N) is 1. The molecule has 0 N–H and O–H groups in total. The number of hydrogen-bond donors (Lipinski definition) is 0. The average Bonchev–Trinajstić information content (AvgIpc) is 2.34. The normalized spacial score (nSPS) is 10.7. The van der Waals surface area contributed by atoms with Crippen molar-refractivity contribution in [3.8, 4) is 0 Å². The van der Waals surface area contributed by atoms with E-state index in [2.05, 4.69) is 43.1 Å². The van der Waals surface area contributed by atoms with Crippen LogP contribution in [0.3, 0.4) is 0 Å². The Labute approximate surface area is 85.5 Å². The van der Waals surface area contributed by atoms with Gasteiger partial charge in [-0.3, -0.25) is 0 Å². The summed E-state index contributed by atoms with van der Waals surface area (Å²) in [4.78, 5) is 4.19. The Bertz CT molecular complexity index is 398. The predicted molar refractivity (Wildman–Crippen MR) is 52.7 cm³/mol. The van der Waals surface area contributed by atoms with Crippen LogP contribution in [0.15, 0.2) is 22.1 Å². The first kappa shape index (κ1) is 7.78. The number of fused-ring (bicyclic) bond motifs is 1. The molecule has 0 spiro atoms. The van der Waals surface area contributed by atoms with Crippen LogP contribution in [-0.2, 0) is 0 Å². The minimum atomic E-state index is 1.03. The Hall–Kier alpha value is 0.148. The van der Waals surface area contributed by atoms with Crippen molar-refractivity contribution in [3.63, 3.8) is 0 Å². The van der Waals surface area contributed by atoms with Crippen LogP contribution in [0, 0.1) is 0 Å². The summed E-state index contributed by atoms with van der Waals surface area (Å²) in [5.41, 5.74) is 0. The van der Waals surface area contributed by atoms with E-state index >= 15 is 0 Å². The molecule has 0 amide bonds. The van der Waals surface area contributed by atoms with Crippen molar-refractivity contribution in [2.24, 2.45) is 0 Å². The van der Waals surface area contributed by atoms with Crippen molar-refractivity contribution in [1.82, 2.24) is 4.98 Å². The monoisotopic (exact) mass is 287 g/mol. The summed E-state index contributed by atoms with van der Waals surface area (Å²) >= 11 is 7.69. The summed E-state index contributed by atoms with van der Waals surface area (Å²) in [5, 5.41) is 3.31. The average molecular weight is 288 g/mol. The Morgan fingerprint density at radius 3 is 3.09 bits per heavy atom. The molecule has 2 aromatic heterocycles. The zero-order chi connectivity index (χ0) is 7.84. The molecule has 0 aromatic carbocycles. The molecular weight excluding hydrogens is 285 g/mol. The van der Waals surface area contributed by atoms with Crippen LogP contribution in [0.2, 0.25) is 0 Å². The molecule has 2 aromatic rings. The molecule has 0 saturated carbocycles. The van der Waals surface area contributed by atoms with E-state index in [1.54, 1.807) is 11.3 Å². The van der Waals surface area contributed by atoms with E-state index in [9.17, 15) is 0 Å². The summed E-state index contributed by atoms with van der Waals surface area (Å²) in [6, 6.07) is 2.03. The third-order valence-electron chi connectivity index (χ3n) is 1.42. The number of hydrogen-bond acceptors (Lipinski definition) is 2. The molecule has 0 aliphatic heterocycles. The molecule has 1 nitrogen and oxygen atoms in total. The minimum absolute atomic E-state index is 1.03. The summed E-state index contributed by atoms with van der Waals surface area (Å²) in [5.74, 6) is 0. The zero-order valence-corrected chi connectivity index (χ0v) is 9.69. The van der Waals surface area contributed by atoms with Crippen LogP contribution >= 0.6 is 27.3 Å². The van der Waals surface area contributed by atoms with Gasteiger partial charge in [-0.15, -0.1) is 0 Å². The fourth-order valence-corrected chi connectivity index (χ4v) is 3.70. The van der Waals surface area contributed by atoms with Crippen molar-refractivity contribution >= 4 is 58.7 Å². The van der Waals surface area contributed by atoms with Crippen LogP contribution in [0.25, 0.3) is 10.1 Å². The van der Waals surface area contributed by atoms with Crippen LogP contribution in [0.1, 0.15) is 0 Å². The van der Waals surface area contributed by atoms with Gasteiger partial charge in [-0.05, 0) is 0 Å². The third-order valence-corrected chi connectivity index (χ3v) is 4.01. The van der Waals surface area contributed by atoms with Crippen molar-refractivity contribution in [2.75, 3.05) is 0 Å². The van der Waals surface area contributed by atoms with Gasteiger partial charge in [0, 0.05) is 0 Å².